The van der Waals surface area contributed by atoms with Gasteiger partial charge in [-0.05, 0) is 0 Å². The fraction of sp³-hybridized carbons (Fsp3) is 0.750. The summed E-state index contributed by atoms with van der Waals surface area (Å²) in [6.07, 6.45) is 0. The predicted octanol–water partition coefficient (Wildman–Crippen LogP) is -0.883. The molecule has 0 unspecified atom stereocenters. The Labute approximate surface area is 67.9 Å². The van der Waals surface area contributed by atoms with Crippen LogP contribution >= 0.6 is 12.6 Å². The third-order valence-corrected chi connectivity index (χ3v) is 1.84. The Hall–Kier alpha value is 0.299. The number of hydrogen-bond donors (Lipinski definition) is 2. The van der Waals surface area contributed by atoms with Gasteiger partial charge in [-0.3, -0.25) is 0 Å². The number of hydrogen-bond acceptors (Lipinski definition) is 3. The number of thiol groups is 1. The molecule has 54 valence electrons. The van der Waals surface area contributed by atoms with Gasteiger partial charge in [-0.15, -0.1) is 0 Å². The van der Waals surface area contributed by atoms with Gasteiger partial charge in [0, 0.05) is 0 Å². The fourth-order valence-electron chi connectivity index (χ4n) is 0.356. The first-order chi connectivity index (χ1) is 4.09. The van der Waals surface area contributed by atoms with Gasteiger partial charge in [0.05, 0.1) is 0 Å². The van der Waals surface area contributed by atoms with Crippen molar-refractivity contribution in [3.63, 3.8) is 0 Å². The number of carbonyl (C=O) groups is 1. The van der Waals surface area contributed by atoms with Gasteiger partial charge < -0.3 is 0 Å². The van der Waals surface area contributed by atoms with Crippen molar-refractivity contribution in [1.82, 2.24) is 3.92 Å². The second-order valence-electron chi connectivity index (χ2n) is 1.61. The van der Waals surface area contributed by atoms with Crippen molar-refractivity contribution in [2.45, 2.75) is 6.04 Å². The molecule has 0 saturated carbocycles. The molecule has 0 rings (SSSR count). The Bertz CT molecular complexity index is 109. The molecule has 9 heavy (non-hydrogen) atoms. The van der Waals surface area contributed by atoms with Gasteiger partial charge in [-0.1, -0.05) is 0 Å². The average Bonchev–Trinajstić information content (AvgIpc) is 1.64. The first-order valence-corrected chi connectivity index (χ1v) is 3.82. The summed E-state index contributed by atoms with van der Waals surface area (Å²) in [7, 11) is 1.69. The molecular weight excluding hydrogens is 205 g/mol. The van der Waals surface area contributed by atoms with Crippen LogP contribution in [0.25, 0.3) is 0 Å². The number of carboxylic acid groups (broad SMARTS) is 1. The predicted molar refractivity (Wildman–Crippen MR) is 40.2 cm³/mol. The Balaban J connectivity index is 3.83. The monoisotopic (exact) mass is 215 g/mol. The van der Waals surface area contributed by atoms with E-state index in [1.54, 1.807) is 11.0 Å². The molecule has 0 spiro atoms. The molecule has 0 aromatic carbocycles. The quantitative estimate of drug-likeness (QED) is 0.473. The van der Waals surface area contributed by atoms with Gasteiger partial charge in [0.1, 0.15) is 0 Å². The summed E-state index contributed by atoms with van der Waals surface area (Å²) < 4.78 is 1.56. The van der Waals surface area contributed by atoms with Gasteiger partial charge in [-0.2, -0.15) is 0 Å². The van der Waals surface area contributed by atoms with E-state index in [0.717, 1.165) is 0 Å². The Morgan fingerprint density at radius 1 is 2.00 bits per heavy atom. The maximum absolute atomic E-state index is 10.3. The summed E-state index contributed by atoms with van der Waals surface area (Å²) in [5, 5.41) is 8.44. The molecule has 0 aliphatic rings. The molecule has 0 bridgehead atoms. The van der Waals surface area contributed by atoms with Crippen molar-refractivity contribution >= 4 is 34.8 Å². The molecule has 0 aliphatic heterocycles. The van der Waals surface area contributed by atoms with Gasteiger partial charge in [0.2, 0.25) is 0 Å². The van der Waals surface area contributed by atoms with Gasteiger partial charge in [-0.25, -0.2) is 0 Å². The Kier molecular flexibility index (Phi) is 4.31. The van der Waals surface area contributed by atoms with E-state index in [0.29, 0.717) is 5.75 Å². The molecule has 0 saturated heterocycles. The number of aliphatic carboxylic acids is 1. The third-order valence-electron chi connectivity index (χ3n) is 0.909. The number of likely N-dealkylation sites (N-methyl/N-ethyl adjacent to an activating group) is 1. The molecular formula is C4H9NO2SSe. The van der Waals surface area contributed by atoms with Crippen LogP contribution in [0.5, 0.6) is 0 Å². The standard InChI is InChI=1S/C4H9NO2SSe/c1-5(9)3(2-8)4(6)7/h3,8-9H,2H2,1H3,(H,6,7)/t3-/m0/s1. The topological polar surface area (TPSA) is 40.5 Å². The average molecular weight is 214 g/mol. The van der Waals surface area contributed by atoms with E-state index in [-0.39, 0.29) is 0 Å². The molecule has 0 aromatic rings. The first kappa shape index (κ1) is 9.30. The summed E-state index contributed by atoms with van der Waals surface area (Å²) >= 11 is 6.01. The van der Waals surface area contributed by atoms with Crippen LogP contribution in [0, 0.1) is 0 Å². The minimum absolute atomic E-state index is 0.334. The third kappa shape index (κ3) is 3.10. The molecule has 0 aliphatic carbocycles. The Morgan fingerprint density at radius 2 is 2.44 bits per heavy atom. The van der Waals surface area contributed by atoms with Crippen LogP contribution in [0.3, 0.4) is 0 Å². The van der Waals surface area contributed by atoms with Crippen molar-refractivity contribution in [3.8, 4) is 0 Å². The summed E-state index contributed by atoms with van der Waals surface area (Å²) in [5.74, 6) is -0.506. The SMILES string of the molecule is CN([SeH])[C@@H](CS)C(=O)O. The van der Waals surface area contributed by atoms with Crippen molar-refractivity contribution in [2.24, 2.45) is 0 Å². The minimum atomic E-state index is -0.840. The van der Waals surface area contributed by atoms with E-state index in [1.807, 2.05) is 0 Å². The summed E-state index contributed by atoms with van der Waals surface area (Å²) in [6.45, 7) is 0. The molecule has 1 N–H and O–H groups in total. The molecule has 3 nitrogen and oxygen atoms in total. The number of rotatable bonds is 3. The summed E-state index contributed by atoms with van der Waals surface area (Å²) in [4.78, 5) is 10.3. The zero-order valence-electron chi connectivity index (χ0n) is 4.98. The van der Waals surface area contributed by atoms with Crippen LogP contribution in [0.1, 0.15) is 0 Å². The van der Waals surface area contributed by atoms with E-state index >= 15 is 0 Å². The van der Waals surface area contributed by atoms with Gasteiger partial charge in [0.15, 0.2) is 0 Å². The van der Waals surface area contributed by atoms with Gasteiger partial charge >= 0.3 is 67.5 Å². The first-order valence-electron chi connectivity index (χ1n) is 2.35. The zero-order chi connectivity index (χ0) is 7.44. The second-order valence-corrected chi connectivity index (χ2v) is 3.30. The van der Waals surface area contributed by atoms with Crippen molar-refractivity contribution in [2.75, 3.05) is 12.8 Å². The van der Waals surface area contributed by atoms with Crippen LogP contribution in [-0.4, -0.2) is 50.1 Å². The molecule has 5 heteroatoms. The van der Waals surface area contributed by atoms with E-state index in [9.17, 15) is 4.79 Å². The van der Waals surface area contributed by atoms with Crippen LogP contribution in [0.4, 0.5) is 0 Å². The number of nitrogens with zero attached hydrogens (tertiary/aromatic N) is 1. The van der Waals surface area contributed by atoms with Crippen molar-refractivity contribution < 1.29 is 9.90 Å². The molecule has 1 atom stereocenters. The van der Waals surface area contributed by atoms with E-state index in [1.165, 1.54) is 0 Å². The van der Waals surface area contributed by atoms with Gasteiger partial charge in [0.25, 0.3) is 0 Å². The molecule has 0 radical (unpaired) electrons. The van der Waals surface area contributed by atoms with Crippen LogP contribution in [-0.2, 0) is 4.79 Å². The van der Waals surface area contributed by atoms with E-state index in [2.05, 4.69) is 28.9 Å². The molecule has 0 heterocycles. The van der Waals surface area contributed by atoms with Crippen molar-refractivity contribution in [3.05, 3.63) is 0 Å². The van der Waals surface area contributed by atoms with Crippen molar-refractivity contribution in [1.29, 1.82) is 0 Å². The van der Waals surface area contributed by atoms with Crippen LogP contribution in [0.2, 0.25) is 0 Å². The summed E-state index contributed by atoms with van der Waals surface area (Å²) in [5.41, 5.74) is 0. The number of carboxylic acids is 1. The summed E-state index contributed by atoms with van der Waals surface area (Å²) in [6, 6.07) is -0.492. The molecule has 0 aromatic heterocycles. The van der Waals surface area contributed by atoms with E-state index < -0.39 is 12.0 Å². The Morgan fingerprint density at radius 3 is 2.44 bits per heavy atom. The molecule has 0 fully saturated rings. The normalized spacial score (nSPS) is 13.8. The van der Waals surface area contributed by atoms with E-state index in [4.69, 9.17) is 5.11 Å². The van der Waals surface area contributed by atoms with Crippen LogP contribution < -0.4 is 0 Å². The molecule has 0 amide bonds. The van der Waals surface area contributed by atoms with Crippen LogP contribution in [0.15, 0.2) is 0 Å². The maximum atomic E-state index is 10.3. The fourth-order valence-corrected chi connectivity index (χ4v) is 1.42. The second kappa shape index (κ2) is 4.17. The zero-order valence-corrected chi connectivity index (χ0v) is 7.75.